The quantitative estimate of drug-likeness (QED) is 0.628. The maximum absolute atomic E-state index is 13.7. The first-order valence-corrected chi connectivity index (χ1v) is 8.53. The summed E-state index contributed by atoms with van der Waals surface area (Å²) in [5.74, 6) is 1.66. The monoisotopic (exact) mass is 331 g/mol. The highest BCUT2D eigenvalue weighted by molar-refractivity contribution is 5.53. The molecule has 1 aromatic rings. The Bertz CT molecular complexity index is 747. The van der Waals surface area contributed by atoms with Crippen LogP contribution in [-0.4, -0.2) is 48.4 Å². The summed E-state index contributed by atoms with van der Waals surface area (Å²) in [5.41, 5.74) is 1.45. The fraction of sp³-hybridized carbons (Fsp3) is 0.556. The minimum absolute atomic E-state index is 0.222. The van der Waals surface area contributed by atoms with E-state index in [4.69, 9.17) is 14.2 Å². The van der Waals surface area contributed by atoms with E-state index in [1.807, 2.05) is 18.2 Å². The van der Waals surface area contributed by atoms with Crippen molar-refractivity contribution in [2.75, 3.05) is 27.0 Å². The zero-order chi connectivity index (χ0) is 16.5. The van der Waals surface area contributed by atoms with Crippen LogP contribution in [0.2, 0.25) is 0 Å². The van der Waals surface area contributed by atoms with E-state index >= 15 is 0 Å². The molecule has 4 atom stereocenters. The zero-order valence-corrected chi connectivity index (χ0v) is 13.7. The molecule has 0 saturated carbocycles. The molecule has 1 fully saturated rings. The standard InChI is InChI=1S/C18H21NO5/c1-22-15-9-18-4-2-5-19(18,21)6-3-11-7-13-14(24-10-23-13)8-12(11)16(18)17(15)20/h7-9,16-17,20H,2-6,10H2,1H3/t16-,17-,18+,19?/m1/s1. The predicted octanol–water partition coefficient (Wildman–Crippen LogP) is 1.81. The van der Waals surface area contributed by atoms with Gasteiger partial charge in [0, 0.05) is 25.3 Å². The van der Waals surface area contributed by atoms with Crippen molar-refractivity contribution >= 4 is 0 Å². The number of aliphatic hydroxyl groups is 1. The molecule has 1 spiro atoms. The average molecular weight is 331 g/mol. The third kappa shape index (κ3) is 1.61. The van der Waals surface area contributed by atoms with Gasteiger partial charge in [-0.25, -0.2) is 0 Å². The molecule has 0 bridgehead atoms. The van der Waals surface area contributed by atoms with Crippen molar-refractivity contribution in [1.29, 1.82) is 0 Å². The molecule has 128 valence electrons. The molecule has 0 amide bonds. The summed E-state index contributed by atoms with van der Waals surface area (Å²) in [7, 11) is 1.56. The van der Waals surface area contributed by atoms with Crippen molar-refractivity contribution in [1.82, 2.24) is 0 Å². The van der Waals surface area contributed by atoms with Crippen LogP contribution in [0.4, 0.5) is 0 Å². The molecular weight excluding hydrogens is 310 g/mol. The average Bonchev–Trinajstić information content (AvgIpc) is 3.21. The van der Waals surface area contributed by atoms with E-state index < -0.39 is 11.6 Å². The third-order valence-electron chi connectivity index (χ3n) is 6.34. The third-order valence-corrected chi connectivity index (χ3v) is 6.34. The number of nitrogens with zero attached hydrogens (tertiary/aromatic N) is 1. The van der Waals surface area contributed by atoms with Gasteiger partial charge in [0.25, 0.3) is 0 Å². The van der Waals surface area contributed by atoms with Gasteiger partial charge in [0.15, 0.2) is 11.5 Å². The molecule has 5 rings (SSSR count). The molecule has 3 heterocycles. The lowest BCUT2D eigenvalue weighted by Crippen LogP contribution is -2.58. The predicted molar refractivity (Wildman–Crippen MR) is 85.4 cm³/mol. The van der Waals surface area contributed by atoms with Crippen molar-refractivity contribution in [3.63, 3.8) is 0 Å². The second-order valence-corrected chi connectivity index (χ2v) is 7.26. The number of ether oxygens (including phenoxy) is 3. The first-order valence-electron chi connectivity index (χ1n) is 8.53. The molecule has 0 radical (unpaired) electrons. The van der Waals surface area contributed by atoms with E-state index in [9.17, 15) is 10.3 Å². The molecule has 24 heavy (non-hydrogen) atoms. The molecular formula is C18H21NO5. The van der Waals surface area contributed by atoms with Gasteiger partial charge in [-0.1, -0.05) is 0 Å². The molecule has 4 aliphatic rings. The van der Waals surface area contributed by atoms with Crippen LogP contribution in [0.3, 0.4) is 0 Å². The Kier molecular flexibility index (Phi) is 2.83. The van der Waals surface area contributed by atoms with Gasteiger partial charge >= 0.3 is 0 Å². The topological polar surface area (TPSA) is 71.0 Å². The van der Waals surface area contributed by atoms with Gasteiger partial charge in [0.1, 0.15) is 17.4 Å². The summed E-state index contributed by atoms with van der Waals surface area (Å²) < 4.78 is 16.2. The Morgan fingerprint density at radius 1 is 1.29 bits per heavy atom. The fourth-order valence-electron chi connectivity index (χ4n) is 5.23. The maximum atomic E-state index is 13.7. The van der Waals surface area contributed by atoms with E-state index in [1.54, 1.807) is 7.11 Å². The number of hydrogen-bond donors (Lipinski definition) is 1. The lowest BCUT2D eigenvalue weighted by atomic mass is 9.77. The number of hydrogen-bond acceptors (Lipinski definition) is 5. The summed E-state index contributed by atoms with van der Waals surface area (Å²) in [6, 6.07) is 3.95. The summed E-state index contributed by atoms with van der Waals surface area (Å²) >= 11 is 0. The van der Waals surface area contributed by atoms with E-state index in [1.165, 1.54) is 0 Å². The van der Waals surface area contributed by atoms with Crippen LogP contribution < -0.4 is 9.47 Å². The highest BCUT2D eigenvalue weighted by Crippen LogP contribution is 2.57. The Hall–Kier alpha value is -1.76. The second-order valence-electron chi connectivity index (χ2n) is 7.26. The van der Waals surface area contributed by atoms with E-state index in [0.717, 1.165) is 29.7 Å². The van der Waals surface area contributed by atoms with Crippen LogP contribution in [0.5, 0.6) is 11.5 Å². The van der Waals surface area contributed by atoms with Gasteiger partial charge in [-0.3, -0.25) is 0 Å². The number of aliphatic hydroxyl groups excluding tert-OH is 1. The van der Waals surface area contributed by atoms with Crippen LogP contribution in [0.15, 0.2) is 24.0 Å². The van der Waals surface area contributed by atoms with Gasteiger partial charge in [-0.2, -0.15) is 0 Å². The molecule has 1 aliphatic carbocycles. The molecule has 1 unspecified atom stereocenters. The van der Waals surface area contributed by atoms with Crippen LogP contribution in [-0.2, 0) is 11.2 Å². The van der Waals surface area contributed by atoms with Gasteiger partial charge in [0.05, 0.1) is 26.1 Å². The number of benzene rings is 1. The van der Waals surface area contributed by atoms with Crippen molar-refractivity contribution < 1.29 is 24.0 Å². The first-order chi connectivity index (χ1) is 11.6. The summed E-state index contributed by atoms with van der Waals surface area (Å²) in [6.45, 7) is 1.33. The first kappa shape index (κ1) is 14.6. The Balaban J connectivity index is 1.74. The van der Waals surface area contributed by atoms with Crippen LogP contribution in [0, 0.1) is 5.21 Å². The SMILES string of the molecule is COC1=C[C@]23CCC[N+]2([O-])CCc2cc4c(cc2[C@@H]3[C@@H]1O)OCO4. The van der Waals surface area contributed by atoms with Gasteiger partial charge in [0.2, 0.25) is 6.79 Å². The highest BCUT2D eigenvalue weighted by atomic mass is 16.7. The number of methoxy groups -OCH3 is 1. The smallest absolute Gasteiger partial charge is 0.231 e. The van der Waals surface area contributed by atoms with Crippen LogP contribution >= 0.6 is 0 Å². The molecule has 0 aromatic heterocycles. The van der Waals surface area contributed by atoms with Crippen LogP contribution in [0.1, 0.15) is 29.9 Å². The lowest BCUT2D eigenvalue weighted by Gasteiger charge is -2.52. The van der Waals surface area contributed by atoms with Gasteiger partial charge in [-0.15, -0.1) is 0 Å². The molecule has 6 nitrogen and oxygen atoms in total. The van der Waals surface area contributed by atoms with Gasteiger partial charge in [-0.05, 0) is 23.3 Å². The summed E-state index contributed by atoms with van der Waals surface area (Å²) in [5, 5.41) is 24.6. The number of fused-ring (bicyclic) bond motifs is 3. The Morgan fingerprint density at radius 2 is 2.08 bits per heavy atom. The summed E-state index contributed by atoms with van der Waals surface area (Å²) in [4.78, 5) is 0. The lowest BCUT2D eigenvalue weighted by molar-refractivity contribution is -0.912. The number of hydroxylamine groups is 3. The highest BCUT2D eigenvalue weighted by Gasteiger charge is 2.62. The fourth-order valence-corrected chi connectivity index (χ4v) is 5.23. The molecule has 1 N–H and O–H groups in total. The molecule has 1 aromatic carbocycles. The normalized spacial score (nSPS) is 38.9. The molecule has 3 aliphatic heterocycles. The minimum Gasteiger partial charge on any atom is -0.632 e. The van der Waals surface area contributed by atoms with Crippen molar-refractivity contribution in [3.8, 4) is 11.5 Å². The number of quaternary nitrogens is 1. The maximum Gasteiger partial charge on any atom is 0.231 e. The van der Waals surface area contributed by atoms with E-state index in [0.29, 0.717) is 31.0 Å². The Labute approximate surface area is 140 Å². The van der Waals surface area contributed by atoms with E-state index in [2.05, 4.69) is 0 Å². The van der Waals surface area contributed by atoms with Crippen LogP contribution in [0.25, 0.3) is 0 Å². The summed E-state index contributed by atoms with van der Waals surface area (Å²) in [6.07, 6.45) is 3.47. The second kappa shape index (κ2) is 4.65. The van der Waals surface area contributed by atoms with Gasteiger partial charge < -0.3 is 29.2 Å². The largest absolute Gasteiger partial charge is 0.632 e. The number of rotatable bonds is 1. The van der Waals surface area contributed by atoms with Crippen molar-refractivity contribution in [3.05, 3.63) is 40.3 Å². The minimum atomic E-state index is -0.795. The molecule has 6 heteroatoms. The van der Waals surface area contributed by atoms with Crippen molar-refractivity contribution in [2.45, 2.75) is 36.8 Å². The van der Waals surface area contributed by atoms with Crippen molar-refractivity contribution in [2.24, 2.45) is 0 Å². The molecule has 1 saturated heterocycles. The van der Waals surface area contributed by atoms with E-state index in [-0.39, 0.29) is 17.4 Å². The zero-order valence-electron chi connectivity index (χ0n) is 13.7. The Morgan fingerprint density at radius 3 is 2.88 bits per heavy atom.